The lowest BCUT2D eigenvalue weighted by molar-refractivity contribution is -0.141. The number of hydrogen-bond donors (Lipinski definition) is 0. The summed E-state index contributed by atoms with van der Waals surface area (Å²) in [6.45, 7) is 11.9. The molecule has 1 aromatic carbocycles. The van der Waals surface area contributed by atoms with Crippen LogP contribution < -0.4 is 0 Å². The fourth-order valence-corrected chi connectivity index (χ4v) is 4.03. The van der Waals surface area contributed by atoms with Gasteiger partial charge in [-0.2, -0.15) is 18.4 Å². The summed E-state index contributed by atoms with van der Waals surface area (Å²) in [6, 6.07) is 12.9. The van der Waals surface area contributed by atoms with E-state index < -0.39 is 17.4 Å². The topological polar surface area (TPSA) is 66.1 Å². The van der Waals surface area contributed by atoms with Gasteiger partial charge >= 0.3 is 6.18 Å². The number of rotatable bonds is 10. The van der Waals surface area contributed by atoms with Gasteiger partial charge in [0.1, 0.15) is 11.9 Å². The number of nitrogens with zero attached hydrogens (tertiary/aromatic N) is 3. The van der Waals surface area contributed by atoms with Gasteiger partial charge in [-0.1, -0.05) is 90.1 Å². The van der Waals surface area contributed by atoms with Crippen LogP contribution in [0.25, 0.3) is 0 Å². The molecule has 0 radical (unpaired) electrons. The molecule has 0 aliphatic heterocycles. The molecule has 40 heavy (non-hydrogen) atoms. The molecular formula is C33H46F3N3O. The molecular weight excluding hydrogens is 511 g/mol. The Balaban J connectivity index is 0.000000349. The van der Waals surface area contributed by atoms with E-state index in [9.17, 15) is 18.0 Å². The van der Waals surface area contributed by atoms with E-state index in [4.69, 9.17) is 5.26 Å². The summed E-state index contributed by atoms with van der Waals surface area (Å²) >= 11 is 0. The number of hydrogen-bond acceptors (Lipinski definition) is 4. The Morgan fingerprint density at radius 2 is 1.70 bits per heavy atom. The second kappa shape index (κ2) is 18.4. The minimum atomic E-state index is -4.63. The van der Waals surface area contributed by atoms with Crippen LogP contribution in [0.5, 0.6) is 0 Å². The lowest BCUT2D eigenvalue weighted by Gasteiger charge is -2.18. The maximum atomic E-state index is 12.7. The summed E-state index contributed by atoms with van der Waals surface area (Å²) in [4.78, 5) is 19.3. The molecule has 1 unspecified atom stereocenters. The zero-order chi connectivity index (χ0) is 30.1. The first-order valence-corrected chi connectivity index (χ1v) is 14.5. The fourth-order valence-electron chi connectivity index (χ4n) is 4.03. The molecule has 3 rings (SSSR count). The highest BCUT2D eigenvalue weighted by atomic mass is 19.4. The SMILES string of the molecule is CC1CCC1.CCCCC(=O)CC(C)c1ccccc1.CCCCC(C)=Nc1cc(C#N)c(C(F)(F)F)nc1C. The second-order valence-electron chi connectivity index (χ2n) is 10.7. The van der Waals surface area contributed by atoms with Gasteiger partial charge in [-0.3, -0.25) is 9.79 Å². The lowest BCUT2D eigenvalue weighted by atomic mass is 9.88. The van der Waals surface area contributed by atoms with Gasteiger partial charge < -0.3 is 0 Å². The van der Waals surface area contributed by atoms with Crippen molar-refractivity contribution in [1.82, 2.24) is 4.98 Å². The minimum absolute atomic E-state index is 0.173. The van der Waals surface area contributed by atoms with Gasteiger partial charge in [0.05, 0.1) is 16.9 Å². The van der Waals surface area contributed by atoms with Gasteiger partial charge in [0.2, 0.25) is 0 Å². The van der Waals surface area contributed by atoms with Crippen molar-refractivity contribution in [1.29, 1.82) is 5.26 Å². The predicted molar refractivity (Wildman–Crippen MR) is 158 cm³/mol. The highest BCUT2D eigenvalue weighted by Crippen LogP contribution is 2.33. The number of aromatic nitrogens is 1. The Kier molecular flexibility index (Phi) is 16.1. The number of aryl methyl sites for hydroxylation is 1. The van der Waals surface area contributed by atoms with Crippen LogP contribution in [0.4, 0.5) is 18.9 Å². The van der Waals surface area contributed by atoms with E-state index in [-0.39, 0.29) is 5.69 Å². The molecule has 1 atom stereocenters. The van der Waals surface area contributed by atoms with Crippen molar-refractivity contribution in [3.8, 4) is 6.07 Å². The Hall–Kier alpha value is -3.01. The van der Waals surface area contributed by atoms with Crippen molar-refractivity contribution < 1.29 is 18.0 Å². The number of nitriles is 1. The second-order valence-corrected chi connectivity index (χ2v) is 10.7. The minimum Gasteiger partial charge on any atom is -0.300 e. The number of Topliss-reactive ketones (excluding diaryl/α,β-unsaturated/α-hetero) is 1. The number of benzene rings is 1. The third kappa shape index (κ3) is 13.4. The maximum absolute atomic E-state index is 12.7. The van der Waals surface area contributed by atoms with Crippen LogP contribution in [0.1, 0.15) is 127 Å². The lowest BCUT2D eigenvalue weighted by Crippen LogP contribution is -2.11. The van der Waals surface area contributed by atoms with Crippen molar-refractivity contribution >= 4 is 17.2 Å². The summed E-state index contributed by atoms with van der Waals surface area (Å²) in [5.41, 5.74) is 0.936. The quantitative estimate of drug-likeness (QED) is 0.273. The van der Waals surface area contributed by atoms with E-state index in [1.54, 1.807) is 0 Å². The highest BCUT2D eigenvalue weighted by Gasteiger charge is 2.36. The van der Waals surface area contributed by atoms with Crippen LogP contribution in [0.3, 0.4) is 0 Å². The van der Waals surface area contributed by atoms with Crippen molar-refractivity contribution in [2.45, 2.75) is 118 Å². The third-order valence-electron chi connectivity index (χ3n) is 6.88. The van der Waals surface area contributed by atoms with E-state index in [0.717, 1.165) is 56.2 Å². The van der Waals surface area contributed by atoms with E-state index in [0.29, 0.717) is 23.8 Å². The molecule has 1 heterocycles. The molecule has 220 valence electrons. The number of carbonyl (C=O) groups is 1. The molecule has 0 bridgehead atoms. The average molecular weight is 558 g/mol. The predicted octanol–water partition coefficient (Wildman–Crippen LogP) is 10.3. The van der Waals surface area contributed by atoms with E-state index in [1.165, 1.54) is 37.8 Å². The molecule has 1 aliphatic rings. The molecule has 2 aromatic rings. The number of aliphatic imine (C=N–C) groups is 1. The third-order valence-corrected chi connectivity index (χ3v) is 6.88. The standard InChI is InChI=1S/C14H16F3N3.C14H20O.C5H10/c1-4-5-6-9(2)19-12-7-11(8-18)13(14(15,16)17)20-10(12)3;1-3-4-10-14(15)11-12(2)13-8-6-5-7-9-13;1-5-3-2-4-5/h7H,4-6H2,1-3H3;5-9,12H,3-4,10-11H2,1-2H3;5H,2-4H2,1H3. The van der Waals surface area contributed by atoms with E-state index in [1.807, 2.05) is 32.0 Å². The molecule has 1 aromatic heterocycles. The number of carbonyl (C=O) groups excluding carboxylic acids is 1. The Labute approximate surface area is 239 Å². The van der Waals surface area contributed by atoms with Crippen molar-refractivity contribution in [2.24, 2.45) is 10.9 Å². The number of unbranched alkanes of at least 4 members (excludes halogenated alkanes) is 2. The Morgan fingerprint density at radius 1 is 1.12 bits per heavy atom. The number of pyridine rings is 1. The van der Waals surface area contributed by atoms with Gasteiger partial charge in [0.15, 0.2) is 5.69 Å². The number of halogens is 3. The molecule has 0 N–H and O–H groups in total. The van der Waals surface area contributed by atoms with Crippen molar-refractivity contribution in [3.05, 3.63) is 58.9 Å². The van der Waals surface area contributed by atoms with Crippen LogP contribution in [0.15, 0.2) is 41.4 Å². The molecule has 0 spiro atoms. The Bertz CT molecular complexity index is 1100. The average Bonchev–Trinajstić information content (AvgIpc) is 2.91. The van der Waals surface area contributed by atoms with Crippen molar-refractivity contribution in [2.75, 3.05) is 0 Å². The van der Waals surface area contributed by atoms with Gasteiger partial charge in [-0.05, 0) is 56.6 Å². The van der Waals surface area contributed by atoms with Crippen LogP contribution in [-0.4, -0.2) is 16.5 Å². The van der Waals surface area contributed by atoms with E-state index in [2.05, 4.69) is 42.9 Å². The van der Waals surface area contributed by atoms with E-state index >= 15 is 0 Å². The molecule has 1 saturated carbocycles. The largest absolute Gasteiger partial charge is 0.434 e. The van der Waals surface area contributed by atoms with Gasteiger partial charge in [0, 0.05) is 18.6 Å². The maximum Gasteiger partial charge on any atom is 0.434 e. The fraction of sp³-hybridized carbons (Fsp3) is 0.576. The monoisotopic (exact) mass is 557 g/mol. The zero-order valence-electron chi connectivity index (χ0n) is 25.1. The smallest absolute Gasteiger partial charge is 0.300 e. The highest BCUT2D eigenvalue weighted by molar-refractivity contribution is 5.85. The molecule has 7 heteroatoms. The zero-order valence-corrected chi connectivity index (χ0v) is 25.1. The summed E-state index contributed by atoms with van der Waals surface area (Å²) in [6.07, 6.45) is 6.15. The van der Waals surface area contributed by atoms with Gasteiger partial charge in [-0.25, -0.2) is 4.98 Å². The summed E-state index contributed by atoms with van der Waals surface area (Å²) < 4.78 is 38.2. The number of ketones is 1. The molecule has 0 saturated heterocycles. The van der Waals surface area contributed by atoms with Crippen LogP contribution in [0.2, 0.25) is 0 Å². The normalized spacial score (nSPS) is 14.1. The Morgan fingerprint density at radius 3 is 2.17 bits per heavy atom. The van der Waals surface area contributed by atoms with Crippen LogP contribution in [0, 0.1) is 24.2 Å². The molecule has 4 nitrogen and oxygen atoms in total. The summed E-state index contributed by atoms with van der Waals surface area (Å²) in [7, 11) is 0. The number of alkyl halides is 3. The summed E-state index contributed by atoms with van der Waals surface area (Å²) in [5.74, 6) is 1.82. The van der Waals surface area contributed by atoms with Gasteiger partial charge in [-0.15, -0.1) is 0 Å². The summed E-state index contributed by atoms with van der Waals surface area (Å²) in [5, 5.41) is 8.83. The first-order chi connectivity index (χ1) is 18.9. The first kappa shape index (κ1) is 35.0. The molecule has 1 aliphatic carbocycles. The van der Waals surface area contributed by atoms with Gasteiger partial charge in [0.25, 0.3) is 0 Å². The molecule has 1 fully saturated rings. The van der Waals surface area contributed by atoms with Crippen LogP contribution in [-0.2, 0) is 11.0 Å². The molecule has 0 amide bonds. The van der Waals surface area contributed by atoms with Crippen molar-refractivity contribution in [3.63, 3.8) is 0 Å². The van der Waals surface area contributed by atoms with Crippen LogP contribution >= 0.6 is 0 Å². The first-order valence-electron chi connectivity index (χ1n) is 14.5.